The number of carboxylic acid groups (broad SMARTS) is 1. The number of nitrogens with zero attached hydrogens (tertiary/aromatic N) is 3. The lowest BCUT2D eigenvalue weighted by Gasteiger charge is -2.36. The number of hydrogen-bond acceptors (Lipinski definition) is 2. The molecule has 2 heterocycles. The zero-order valence-corrected chi connectivity index (χ0v) is 13.4. The van der Waals surface area contributed by atoms with Crippen molar-refractivity contribution in [3.8, 4) is 0 Å². The Labute approximate surface area is 140 Å². The molecule has 0 bridgehead atoms. The summed E-state index contributed by atoms with van der Waals surface area (Å²) in [5, 5.41) is 15.2. The zero-order valence-electron chi connectivity index (χ0n) is 13.4. The van der Waals surface area contributed by atoms with E-state index in [1.807, 2.05) is 4.57 Å². The Hall–Kier alpha value is -2.51. The summed E-state index contributed by atoms with van der Waals surface area (Å²) in [5.74, 6) is -2.28. The normalized spacial score (nSPS) is 21.0. The fraction of sp³-hybridized carbons (Fsp3) is 0.412. The Morgan fingerprint density at radius 2 is 2.04 bits per heavy atom. The molecule has 0 atom stereocenters. The van der Waals surface area contributed by atoms with Gasteiger partial charge in [0.25, 0.3) is 0 Å². The highest BCUT2D eigenvalue weighted by Crippen LogP contribution is 2.46. The molecule has 4 rings (SSSR count). The number of hydrogen-bond donors (Lipinski definition) is 1. The van der Waals surface area contributed by atoms with Crippen molar-refractivity contribution < 1.29 is 23.1 Å². The fourth-order valence-electron chi connectivity index (χ4n) is 3.70. The van der Waals surface area contributed by atoms with E-state index in [-0.39, 0.29) is 24.3 Å². The number of benzene rings is 1. The Kier molecular flexibility index (Phi) is 3.35. The number of aromatic nitrogens is 3. The molecule has 0 aliphatic heterocycles. The van der Waals surface area contributed by atoms with Crippen LogP contribution in [-0.2, 0) is 13.6 Å². The summed E-state index contributed by atoms with van der Waals surface area (Å²) in [6.45, 7) is 0.454. The predicted molar refractivity (Wildman–Crippen MR) is 85.4 cm³/mol. The molecule has 1 fully saturated rings. The SMILES string of the molecule is Cn1cc2c3cc(C(=O)O)ccc3n(CC3CC(C(F)(F)F)C3)c2n1. The third kappa shape index (κ3) is 2.56. The Morgan fingerprint density at radius 1 is 1.32 bits per heavy atom. The number of halogens is 3. The maximum atomic E-state index is 12.7. The highest BCUT2D eigenvalue weighted by atomic mass is 19.4. The summed E-state index contributed by atoms with van der Waals surface area (Å²) < 4.78 is 41.7. The third-order valence-corrected chi connectivity index (χ3v) is 5.03. The minimum atomic E-state index is -4.12. The average Bonchev–Trinajstić information content (AvgIpc) is 2.96. The molecule has 3 aromatic rings. The Bertz CT molecular complexity index is 980. The van der Waals surface area contributed by atoms with Gasteiger partial charge in [-0.1, -0.05) is 0 Å². The summed E-state index contributed by atoms with van der Waals surface area (Å²) in [6.07, 6.45) is -2.06. The molecule has 8 heteroatoms. The van der Waals surface area contributed by atoms with Crippen LogP contribution >= 0.6 is 0 Å². The van der Waals surface area contributed by atoms with Crippen molar-refractivity contribution in [2.24, 2.45) is 18.9 Å². The van der Waals surface area contributed by atoms with Crippen molar-refractivity contribution in [2.75, 3.05) is 0 Å². The van der Waals surface area contributed by atoms with Gasteiger partial charge in [-0.2, -0.15) is 18.3 Å². The lowest BCUT2D eigenvalue weighted by atomic mass is 9.74. The number of alkyl halides is 3. The minimum absolute atomic E-state index is 0.0495. The van der Waals surface area contributed by atoms with Crippen LogP contribution in [0.4, 0.5) is 13.2 Å². The smallest absolute Gasteiger partial charge is 0.391 e. The molecule has 25 heavy (non-hydrogen) atoms. The summed E-state index contributed by atoms with van der Waals surface area (Å²) in [7, 11) is 1.76. The number of aromatic carboxylic acids is 1. The van der Waals surface area contributed by atoms with Gasteiger partial charge in [-0.25, -0.2) is 4.79 Å². The molecule has 0 spiro atoms. The summed E-state index contributed by atoms with van der Waals surface area (Å²) in [6, 6.07) is 4.82. The van der Waals surface area contributed by atoms with Gasteiger partial charge >= 0.3 is 12.1 Å². The average molecular weight is 351 g/mol. The molecule has 1 N–H and O–H groups in total. The molecule has 5 nitrogen and oxygen atoms in total. The van der Waals surface area contributed by atoms with E-state index in [1.165, 1.54) is 6.07 Å². The standard InChI is InChI=1S/C17H16F3N3O2/c1-22-8-13-12-6-10(16(24)25)2-3-14(12)23(15(13)21-22)7-9-4-11(5-9)17(18,19)20/h2-3,6,8-9,11H,4-5,7H2,1H3,(H,24,25). The van der Waals surface area contributed by atoms with Gasteiger partial charge < -0.3 is 9.67 Å². The van der Waals surface area contributed by atoms with Gasteiger partial charge in [0.2, 0.25) is 0 Å². The van der Waals surface area contributed by atoms with Crippen LogP contribution in [0.2, 0.25) is 0 Å². The van der Waals surface area contributed by atoms with Gasteiger partial charge in [0.05, 0.1) is 17.0 Å². The highest BCUT2D eigenvalue weighted by Gasteiger charge is 2.47. The minimum Gasteiger partial charge on any atom is -0.478 e. The highest BCUT2D eigenvalue weighted by molar-refractivity contribution is 6.08. The van der Waals surface area contributed by atoms with E-state index in [0.717, 1.165) is 16.3 Å². The van der Waals surface area contributed by atoms with E-state index < -0.39 is 18.1 Å². The van der Waals surface area contributed by atoms with Crippen molar-refractivity contribution in [3.05, 3.63) is 30.0 Å². The summed E-state index contributed by atoms with van der Waals surface area (Å²) in [4.78, 5) is 11.2. The number of carboxylic acids is 1. The van der Waals surface area contributed by atoms with E-state index in [1.54, 1.807) is 30.1 Å². The number of aryl methyl sites for hydroxylation is 1. The van der Waals surface area contributed by atoms with E-state index in [2.05, 4.69) is 5.10 Å². The van der Waals surface area contributed by atoms with Gasteiger partial charge in [0.1, 0.15) is 0 Å². The van der Waals surface area contributed by atoms with Gasteiger partial charge in [-0.3, -0.25) is 4.68 Å². The largest absolute Gasteiger partial charge is 0.478 e. The molecule has 0 unspecified atom stereocenters. The summed E-state index contributed by atoms with van der Waals surface area (Å²) >= 11 is 0. The van der Waals surface area contributed by atoms with Crippen LogP contribution in [0.5, 0.6) is 0 Å². The number of fused-ring (bicyclic) bond motifs is 3. The second kappa shape index (κ2) is 5.24. The quantitative estimate of drug-likeness (QED) is 0.780. The van der Waals surface area contributed by atoms with Crippen LogP contribution in [0.25, 0.3) is 21.9 Å². The third-order valence-electron chi connectivity index (χ3n) is 5.03. The van der Waals surface area contributed by atoms with Gasteiger partial charge in [-0.05, 0) is 37.0 Å². The lowest BCUT2D eigenvalue weighted by molar-refractivity contribution is -0.205. The van der Waals surface area contributed by atoms with Gasteiger partial charge in [-0.15, -0.1) is 0 Å². The fourth-order valence-corrected chi connectivity index (χ4v) is 3.70. The lowest BCUT2D eigenvalue weighted by Crippen LogP contribution is -2.37. The van der Waals surface area contributed by atoms with Crippen molar-refractivity contribution in [3.63, 3.8) is 0 Å². The van der Waals surface area contributed by atoms with Crippen LogP contribution in [0.1, 0.15) is 23.2 Å². The number of carbonyl (C=O) groups is 1. The van der Waals surface area contributed by atoms with Crippen LogP contribution in [-0.4, -0.2) is 31.6 Å². The predicted octanol–water partition coefficient (Wildman–Crippen LogP) is 3.81. The first-order valence-electron chi connectivity index (χ1n) is 7.99. The van der Waals surface area contributed by atoms with Crippen LogP contribution in [0.15, 0.2) is 24.4 Å². The molecule has 0 saturated heterocycles. The molecular formula is C17H16F3N3O2. The second-order valence-electron chi connectivity index (χ2n) is 6.76. The van der Waals surface area contributed by atoms with Crippen LogP contribution in [0, 0.1) is 11.8 Å². The van der Waals surface area contributed by atoms with Gasteiger partial charge in [0.15, 0.2) is 5.65 Å². The first-order valence-corrected chi connectivity index (χ1v) is 7.99. The van der Waals surface area contributed by atoms with Gasteiger partial charge in [0, 0.05) is 30.6 Å². The van der Waals surface area contributed by atoms with Crippen molar-refractivity contribution in [1.82, 2.24) is 14.3 Å². The first kappa shape index (κ1) is 16.0. The maximum Gasteiger partial charge on any atom is 0.391 e. The van der Waals surface area contributed by atoms with Crippen molar-refractivity contribution in [1.29, 1.82) is 0 Å². The van der Waals surface area contributed by atoms with E-state index in [4.69, 9.17) is 0 Å². The van der Waals surface area contributed by atoms with E-state index in [0.29, 0.717) is 12.2 Å². The van der Waals surface area contributed by atoms with Crippen molar-refractivity contribution >= 4 is 27.9 Å². The van der Waals surface area contributed by atoms with Crippen LogP contribution < -0.4 is 0 Å². The Morgan fingerprint density at radius 3 is 2.68 bits per heavy atom. The molecule has 1 saturated carbocycles. The van der Waals surface area contributed by atoms with Crippen molar-refractivity contribution in [2.45, 2.75) is 25.6 Å². The topological polar surface area (TPSA) is 60.1 Å². The maximum absolute atomic E-state index is 12.7. The molecule has 0 radical (unpaired) electrons. The molecule has 2 aromatic heterocycles. The van der Waals surface area contributed by atoms with E-state index >= 15 is 0 Å². The van der Waals surface area contributed by atoms with E-state index in [9.17, 15) is 23.1 Å². The first-order chi connectivity index (χ1) is 11.7. The molecular weight excluding hydrogens is 335 g/mol. The monoisotopic (exact) mass is 351 g/mol. The second-order valence-corrected chi connectivity index (χ2v) is 6.76. The molecule has 0 amide bonds. The number of rotatable bonds is 3. The molecule has 1 aromatic carbocycles. The Balaban J connectivity index is 1.73. The molecule has 132 valence electrons. The van der Waals surface area contributed by atoms with Crippen LogP contribution in [0.3, 0.4) is 0 Å². The molecule has 1 aliphatic rings. The molecule has 1 aliphatic carbocycles. The summed E-state index contributed by atoms with van der Waals surface area (Å²) in [5.41, 5.74) is 1.66. The zero-order chi connectivity index (χ0) is 17.9.